The van der Waals surface area contributed by atoms with Gasteiger partial charge in [-0.05, 0) is 84.4 Å². The van der Waals surface area contributed by atoms with Crippen molar-refractivity contribution in [2.75, 3.05) is 18.2 Å². The number of ether oxygens (including phenoxy) is 1. The van der Waals surface area contributed by atoms with Gasteiger partial charge in [-0.3, -0.25) is 14.4 Å². The topological polar surface area (TPSA) is 84.5 Å². The average Bonchev–Trinajstić information content (AvgIpc) is 2.97. The molecule has 0 atom stereocenters. The highest BCUT2D eigenvalue weighted by atomic mass is 35.5. The van der Waals surface area contributed by atoms with Crippen LogP contribution in [0.2, 0.25) is 5.02 Å². The Labute approximate surface area is 236 Å². The van der Waals surface area contributed by atoms with Crippen molar-refractivity contribution in [3.63, 3.8) is 0 Å². The first-order valence-electron chi connectivity index (χ1n) is 12.0. The Morgan fingerprint density at radius 1 is 0.846 bits per heavy atom. The summed E-state index contributed by atoms with van der Waals surface area (Å²) in [6.07, 6.45) is 1.59. The Morgan fingerprint density at radius 3 is 2.26 bits per heavy atom. The summed E-state index contributed by atoms with van der Waals surface area (Å²) < 4.78 is 5.27. The summed E-state index contributed by atoms with van der Waals surface area (Å²) in [6.45, 7) is 0. The molecule has 39 heavy (non-hydrogen) atoms. The van der Waals surface area contributed by atoms with Crippen LogP contribution in [0, 0.1) is 0 Å². The van der Waals surface area contributed by atoms with Gasteiger partial charge in [-0.25, -0.2) is 0 Å². The molecule has 6 nitrogen and oxygen atoms in total. The van der Waals surface area contributed by atoms with Crippen LogP contribution < -0.4 is 15.4 Å². The zero-order valence-corrected chi connectivity index (χ0v) is 22.6. The van der Waals surface area contributed by atoms with E-state index < -0.39 is 11.8 Å². The van der Waals surface area contributed by atoms with Crippen molar-refractivity contribution >= 4 is 52.7 Å². The summed E-state index contributed by atoms with van der Waals surface area (Å²) in [7, 11) is 1.56. The summed E-state index contributed by atoms with van der Waals surface area (Å²) in [5, 5.41) is 6.13. The third-order valence-corrected chi connectivity index (χ3v) is 6.85. The molecule has 4 aromatic rings. The lowest BCUT2D eigenvalue weighted by Gasteiger charge is -2.12. The molecule has 2 amide bonds. The number of rotatable bonds is 10. The van der Waals surface area contributed by atoms with Crippen molar-refractivity contribution in [3.8, 4) is 5.75 Å². The highest BCUT2D eigenvalue weighted by Gasteiger charge is 2.15. The SMILES string of the molecule is COc1cccc(/C=C(\NC(=O)c2ccccc2)C(=O)Nc2ccc(SCC(=O)c3ccc(Cl)cc3)cc2)c1. The van der Waals surface area contributed by atoms with Gasteiger partial charge in [-0.2, -0.15) is 0 Å². The maximum absolute atomic E-state index is 13.2. The molecule has 0 aliphatic heterocycles. The second kappa shape index (κ2) is 13.5. The minimum Gasteiger partial charge on any atom is -0.497 e. The van der Waals surface area contributed by atoms with Crippen LogP contribution in [-0.4, -0.2) is 30.5 Å². The second-order valence-electron chi connectivity index (χ2n) is 8.35. The molecule has 0 fully saturated rings. The standard InChI is InChI=1S/C31H25ClN2O4S/c1-38-26-9-5-6-21(18-26)19-28(34-30(36)23-7-3-2-4-8-23)31(37)33-25-14-16-27(17-15-25)39-20-29(35)22-10-12-24(32)13-11-22/h2-19H,20H2,1H3,(H,33,37)(H,34,36)/b28-19-. The van der Waals surface area contributed by atoms with Gasteiger partial charge in [-0.15, -0.1) is 11.8 Å². The van der Waals surface area contributed by atoms with Gasteiger partial charge in [0.2, 0.25) is 0 Å². The van der Waals surface area contributed by atoms with Crippen LogP contribution in [0.1, 0.15) is 26.3 Å². The maximum atomic E-state index is 13.2. The van der Waals surface area contributed by atoms with Crippen LogP contribution in [0.4, 0.5) is 5.69 Å². The number of hydrogen-bond donors (Lipinski definition) is 2. The molecule has 0 radical (unpaired) electrons. The number of Topliss-reactive ketones (excluding diaryl/α,β-unsaturated/α-hetero) is 1. The first-order valence-corrected chi connectivity index (χ1v) is 13.3. The number of hydrogen-bond acceptors (Lipinski definition) is 5. The third-order valence-electron chi connectivity index (χ3n) is 5.58. The van der Waals surface area contributed by atoms with Crippen LogP contribution in [0.25, 0.3) is 6.08 Å². The highest BCUT2D eigenvalue weighted by Crippen LogP contribution is 2.23. The number of halogens is 1. The van der Waals surface area contributed by atoms with Gasteiger partial charge in [0.25, 0.3) is 11.8 Å². The van der Waals surface area contributed by atoms with Gasteiger partial charge >= 0.3 is 0 Å². The predicted octanol–water partition coefficient (Wildman–Crippen LogP) is 6.73. The van der Waals surface area contributed by atoms with E-state index in [0.717, 1.165) is 4.90 Å². The van der Waals surface area contributed by atoms with E-state index in [1.165, 1.54) is 11.8 Å². The Hall–Kier alpha value is -4.33. The molecule has 8 heteroatoms. The largest absolute Gasteiger partial charge is 0.497 e. The molecular formula is C31H25ClN2O4S. The lowest BCUT2D eigenvalue weighted by molar-refractivity contribution is -0.113. The number of methoxy groups -OCH3 is 1. The zero-order chi connectivity index (χ0) is 27.6. The predicted molar refractivity (Wildman–Crippen MR) is 156 cm³/mol. The molecule has 2 N–H and O–H groups in total. The summed E-state index contributed by atoms with van der Waals surface area (Å²) in [6, 6.07) is 29.8. The van der Waals surface area contributed by atoms with Gasteiger partial charge in [0, 0.05) is 26.7 Å². The number of benzene rings is 4. The number of anilines is 1. The van der Waals surface area contributed by atoms with Crippen LogP contribution >= 0.6 is 23.4 Å². The monoisotopic (exact) mass is 556 g/mol. The Balaban J connectivity index is 1.45. The second-order valence-corrected chi connectivity index (χ2v) is 9.84. The van der Waals surface area contributed by atoms with Gasteiger partial charge in [0.1, 0.15) is 11.4 Å². The molecule has 0 spiro atoms. The van der Waals surface area contributed by atoms with E-state index in [9.17, 15) is 14.4 Å². The number of nitrogens with one attached hydrogen (secondary N) is 2. The van der Waals surface area contributed by atoms with Crippen LogP contribution in [0.15, 0.2) is 114 Å². The van der Waals surface area contributed by atoms with Gasteiger partial charge in [0.15, 0.2) is 5.78 Å². The molecule has 0 aliphatic carbocycles. The number of thioether (sulfide) groups is 1. The minimum atomic E-state index is -0.486. The number of amides is 2. The fourth-order valence-corrected chi connectivity index (χ4v) is 4.46. The Kier molecular flexibility index (Phi) is 9.56. The molecule has 0 saturated carbocycles. The summed E-state index contributed by atoms with van der Waals surface area (Å²) in [5.74, 6) is 0.000184. The number of carbonyl (C=O) groups is 3. The van der Waals surface area contributed by atoms with E-state index in [2.05, 4.69) is 10.6 Å². The molecule has 0 heterocycles. The lowest BCUT2D eigenvalue weighted by atomic mass is 10.1. The molecule has 0 unspecified atom stereocenters. The van der Waals surface area contributed by atoms with Gasteiger partial charge in [0.05, 0.1) is 12.9 Å². The van der Waals surface area contributed by atoms with Crippen LogP contribution in [0.5, 0.6) is 5.75 Å². The van der Waals surface area contributed by atoms with E-state index >= 15 is 0 Å². The molecular weight excluding hydrogens is 532 g/mol. The lowest BCUT2D eigenvalue weighted by Crippen LogP contribution is -2.30. The van der Waals surface area contributed by atoms with Crippen molar-refractivity contribution in [1.82, 2.24) is 5.32 Å². The Morgan fingerprint density at radius 2 is 1.56 bits per heavy atom. The molecule has 0 aliphatic rings. The molecule has 0 bridgehead atoms. The normalized spacial score (nSPS) is 11.0. The van der Waals surface area contributed by atoms with Crippen molar-refractivity contribution in [2.45, 2.75) is 4.90 Å². The smallest absolute Gasteiger partial charge is 0.272 e. The van der Waals surface area contributed by atoms with Gasteiger partial charge in [-0.1, -0.05) is 41.9 Å². The molecule has 0 aromatic heterocycles. The van der Waals surface area contributed by atoms with Crippen molar-refractivity contribution in [2.24, 2.45) is 0 Å². The zero-order valence-electron chi connectivity index (χ0n) is 21.0. The van der Waals surface area contributed by atoms with E-state index in [1.807, 2.05) is 24.3 Å². The summed E-state index contributed by atoms with van der Waals surface area (Å²) in [5.41, 5.74) is 2.33. The van der Waals surface area contributed by atoms with E-state index in [4.69, 9.17) is 16.3 Å². The minimum absolute atomic E-state index is 0.00414. The quantitative estimate of drug-likeness (QED) is 0.128. The van der Waals surface area contributed by atoms with Crippen molar-refractivity contribution in [3.05, 3.63) is 131 Å². The average molecular weight is 557 g/mol. The van der Waals surface area contributed by atoms with Crippen LogP contribution in [0.3, 0.4) is 0 Å². The number of carbonyl (C=O) groups excluding carboxylic acids is 3. The fraction of sp³-hybridized carbons (Fsp3) is 0.0645. The summed E-state index contributed by atoms with van der Waals surface area (Å²) in [4.78, 5) is 39.4. The first-order chi connectivity index (χ1) is 18.9. The highest BCUT2D eigenvalue weighted by molar-refractivity contribution is 8.00. The molecule has 4 aromatic carbocycles. The van der Waals surface area contributed by atoms with Crippen molar-refractivity contribution < 1.29 is 19.1 Å². The van der Waals surface area contributed by atoms with E-state index in [1.54, 1.807) is 92.0 Å². The summed E-state index contributed by atoms with van der Waals surface area (Å²) >= 11 is 7.29. The van der Waals surface area contributed by atoms with Crippen molar-refractivity contribution in [1.29, 1.82) is 0 Å². The maximum Gasteiger partial charge on any atom is 0.272 e. The van der Waals surface area contributed by atoms with Crippen LogP contribution in [-0.2, 0) is 4.79 Å². The first kappa shape index (κ1) is 27.7. The van der Waals surface area contributed by atoms with E-state index in [0.29, 0.717) is 33.1 Å². The fourth-order valence-electron chi connectivity index (χ4n) is 3.54. The van der Waals surface area contributed by atoms with Gasteiger partial charge < -0.3 is 15.4 Å². The molecule has 0 saturated heterocycles. The molecule has 4 rings (SSSR count). The Bertz CT molecular complexity index is 1490. The molecule has 196 valence electrons. The third kappa shape index (κ3) is 8.07. The van der Waals surface area contributed by atoms with E-state index in [-0.39, 0.29) is 17.2 Å². The number of ketones is 1.